The maximum absolute atomic E-state index is 12.4. The number of carbonyl (C=O) groups is 1. The highest BCUT2D eigenvalue weighted by Crippen LogP contribution is 2.24. The number of halogens is 1. The van der Waals surface area contributed by atoms with Crippen LogP contribution in [0.15, 0.2) is 29.4 Å². The Morgan fingerprint density at radius 1 is 1.33 bits per heavy atom. The molecule has 1 aliphatic rings. The van der Waals surface area contributed by atoms with Crippen LogP contribution in [0.1, 0.15) is 19.8 Å². The van der Waals surface area contributed by atoms with E-state index in [0.29, 0.717) is 16.7 Å². The minimum absolute atomic E-state index is 0.183. The van der Waals surface area contributed by atoms with Crippen LogP contribution < -0.4 is 0 Å². The fourth-order valence-electron chi connectivity index (χ4n) is 2.92. The Labute approximate surface area is 151 Å². The van der Waals surface area contributed by atoms with Crippen molar-refractivity contribution in [3.05, 3.63) is 29.3 Å². The predicted molar refractivity (Wildman–Crippen MR) is 97.2 cm³/mol. The van der Waals surface area contributed by atoms with Gasteiger partial charge in [-0.3, -0.25) is 4.79 Å². The Morgan fingerprint density at radius 3 is 2.79 bits per heavy atom. The van der Waals surface area contributed by atoms with E-state index in [1.807, 2.05) is 40.8 Å². The first kappa shape index (κ1) is 17.3. The van der Waals surface area contributed by atoms with Crippen LogP contribution in [-0.4, -0.2) is 44.4 Å². The SMILES string of the molecule is C[C@H]1CCCN(C(=O)CSc2nnc(-c3ccc(Cl)cc3)n2C)C1. The molecule has 0 radical (unpaired) electrons. The van der Waals surface area contributed by atoms with Crippen LogP contribution in [0, 0.1) is 5.92 Å². The average Bonchev–Trinajstić information content (AvgIpc) is 2.94. The van der Waals surface area contributed by atoms with Crippen molar-refractivity contribution in [2.24, 2.45) is 13.0 Å². The van der Waals surface area contributed by atoms with Crippen molar-refractivity contribution in [1.82, 2.24) is 19.7 Å². The third-order valence-electron chi connectivity index (χ3n) is 4.27. The smallest absolute Gasteiger partial charge is 0.233 e. The molecule has 0 saturated carbocycles. The molecular formula is C17H21ClN4OS. The van der Waals surface area contributed by atoms with Crippen LogP contribution in [0.25, 0.3) is 11.4 Å². The number of nitrogens with zero attached hydrogens (tertiary/aromatic N) is 4. The van der Waals surface area contributed by atoms with Gasteiger partial charge in [-0.2, -0.15) is 0 Å². The zero-order valence-electron chi connectivity index (χ0n) is 13.9. The van der Waals surface area contributed by atoms with Gasteiger partial charge in [0.05, 0.1) is 5.75 Å². The van der Waals surface area contributed by atoms with Gasteiger partial charge < -0.3 is 9.47 Å². The summed E-state index contributed by atoms with van der Waals surface area (Å²) in [7, 11) is 1.92. The van der Waals surface area contributed by atoms with Gasteiger partial charge in [0.1, 0.15) is 0 Å². The lowest BCUT2D eigenvalue weighted by Gasteiger charge is -2.30. The Balaban J connectivity index is 1.64. The van der Waals surface area contributed by atoms with E-state index in [4.69, 9.17) is 11.6 Å². The molecule has 24 heavy (non-hydrogen) atoms. The molecule has 0 spiro atoms. The number of thioether (sulfide) groups is 1. The van der Waals surface area contributed by atoms with Crippen molar-refractivity contribution < 1.29 is 4.79 Å². The van der Waals surface area contributed by atoms with Crippen molar-refractivity contribution in [2.45, 2.75) is 24.9 Å². The summed E-state index contributed by atoms with van der Waals surface area (Å²) in [5.74, 6) is 1.95. The fourth-order valence-corrected chi connectivity index (χ4v) is 3.86. The van der Waals surface area contributed by atoms with Crippen LogP contribution >= 0.6 is 23.4 Å². The summed E-state index contributed by atoms with van der Waals surface area (Å²) in [6.45, 7) is 3.94. The van der Waals surface area contributed by atoms with E-state index >= 15 is 0 Å². The van der Waals surface area contributed by atoms with Crippen molar-refractivity contribution in [3.63, 3.8) is 0 Å². The molecule has 1 amide bonds. The average molecular weight is 365 g/mol. The number of hydrogen-bond acceptors (Lipinski definition) is 4. The van der Waals surface area contributed by atoms with E-state index in [2.05, 4.69) is 17.1 Å². The van der Waals surface area contributed by atoms with E-state index in [9.17, 15) is 4.79 Å². The lowest BCUT2D eigenvalue weighted by atomic mass is 10.0. The second-order valence-corrected chi connectivity index (χ2v) is 7.63. The quantitative estimate of drug-likeness (QED) is 0.779. The van der Waals surface area contributed by atoms with Gasteiger partial charge in [-0.1, -0.05) is 30.3 Å². The lowest BCUT2D eigenvalue weighted by Crippen LogP contribution is -2.40. The number of piperidine rings is 1. The van der Waals surface area contributed by atoms with Crippen molar-refractivity contribution in [1.29, 1.82) is 0 Å². The number of carbonyl (C=O) groups excluding carboxylic acids is 1. The largest absolute Gasteiger partial charge is 0.342 e. The van der Waals surface area contributed by atoms with E-state index in [-0.39, 0.29) is 5.91 Å². The Morgan fingerprint density at radius 2 is 2.08 bits per heavy atom. The maximum atomic E-state index is 12.4. The number of aromatic nitrogens is 3. The molecule has 128 valence electrons. The van der Waals surface area contributed by atoms with Gasteiger partial charge in [0.15, 0.2) is 11.0 Å². The predicted octanol–water partition coefficient (Wildman–Crippen LogP) is 3.49. The van der Waals surface area contributed by atoms with Gasteiger partial charge in [-0.15, -0.1) is 10.2 Å². The number of benzene rings is 1. The molecule has 1 aromatic heterocycles. The molecule has 2 aromatic rings. The highest BCUT2D eigenvalue weighted by atomic mass is 35.5. The summed E-state index contributed by atoms with van der Waals surface area (Å²) >= 11 is 7.36. The van der Waals surface area contributed by atoms with Crippen LogP contribution in [0.5, 0.6) is 0 Å². The summed E-state index contributed by atoms with van der Waals surface area (Å²) < 4.78 is 1.92. The Hall–Kier alpha value is -1.53. The third kappa shape index (κ3) is 3.92. The summed E-state index contributed by atoms with van der Waals surface area (Å²) in [6.07, 6.45) is 2.31. The molecule has 1 aromatic carbocycles. The van der Waals surface area contributed by atoms with Gasteiger partial charge in [0.2, 0.25) is 5.91 Å². The highest BCUT2D eigenvalue weighted by Gasteiger charge is 2.21. The molecule has 3 rings (SSSR count). The molecule has 0 aliphatic carbocycles. The summed E-state index contributed by atoms with van der Waals surface area (Å²) in [5, 5.41) is 9.90. The van der Waals surface area contributed by atoms with Crippen molar-refractivity contribution in [3.8, 4) is 11.4 Å². The first-order chi connectivity index (χ1) is 11.5. The van der Waals surface area contributed by atoms with Gasteiger partial charge in [0, 0.05) is 30.7 Å². The van der Waals surface area contributed by atoms with Gasteiger partial charge >= 0.3 is 0 Å². The zero-order valence-corrected chi connectivity index (χ0v) is 15.5. The summed E-state index contributed by atoms with van der Waals surface area (Å²) in [4.78, 5) is 14.3. The van der Waals surface area contributed by atoms with Gasteiger partial charge in [0.25, 0.3) is 0 Å². The molecule has 1 aliphatic heterocycles. The molecule has 1 atom stereocenters. The lowest BCUT2D eigenvalue weighted by molar-refractivity contribution is -0.130. The Kier molecular flexibility index (Phi) is 5.46. The minimum Gasteiger partial charge on any atom is -0.342 e. The fraction of sp³-hybridized carbons (Fsp3) is 0.471. The van der Waals surface area contributed by atoms with Crippen LogP contribution in [0.3, 0.4) is 0 Å². The van der Waals surface area contributed by atoms with Crippen molar-refractivity contribution >= 4 is 29.3 Å². The second kappa shape index (κ2) is 7.57. The molecule has 0 N–H and O–H groups in total. The van der Waals surface area contributed by atoms with Crippen LogP contribution in [0.2, 0.25) is 5.02 Å². The van der Waals surface area contributed by atoms with E-state index < -0.39 is 0 Å². The number of amides is 1. The van der Waals surface area contributed by atoms with E-state index in [1.165, 1.54) is 18.2 Å². The molecular weight excluding hydrogens is 344 g/mol. The van der Waals surface area contributed by atoms with Crippen LogP contribution in [0.4, 0.5) is 0 Å². The molecule has 0 unspecified atom stereocenters. The van der Waals surface area contributed by atoms with Crippen molar-refractivity contribution in [2.75, 3.05) is 18.8 Å². The molecule has 5 nitrogen and oxygen atoms in total. The molecule has 7 heteroatoms. The molecule has 1 fully saturated rings. The number of hydrogen-bond donors (Lipinski definition) is 0. The van der Waals surface area contributed by atoms with Crippen LogP contribution in [-0.2, 0) is 11.8 Å². The first-order valence-electron chi connectivity index (χ1n) is 8.10. The number of likely N-dealkylation sites (tertiary alicyclic amines) is 1. The monoisotopic (exact) mass is 364 g/mol. The van der Waals surface area contributed by atoms with Gasteiger partial charge in [-0.05, 0) is 43.0 Å². The maximum Gasteiger partial charge on any atom is 0.233 e. The summed E-state index contributed by atoms with van der Waals surface area (Å²) in [6, 6.07) is 7.50. The minimum atomic E-state index is 0.183. The molecule has 0 bridgehead atoms. The summed E-state index contributed by atoms with van der Waals surface area (Å²) in [5.41, 5.74) is 0.956. The highest BCUT2D eigenvalue weighted by molar-refractivity contribution is 7.99. The van der Waals surface area contributed by atoms with E-state index in [0.717, 1.165) is 36.1 Å². The first-order valence-corrected chi connectivity index (χ1v) is 9.47. The molecule has 1 saturated heterocycles. The topological polar surface area (TPSA) is 51.0 Å². The second-order valence-electron chi connectivity index (χ2n) is 6.25. The number of rotatable bonds is 4. The molecule has 2 heterocycles. The zero-order chi connectivity index (χ0) is 17.1. The normalized spacial score (nSPS) is 18.0. The van der Waals surface area contributed by atoms with E-state index in [1.54, 1.807) is 0 Å². The Bertz CT molecular complexity index is 716. The van der Waals surface area contributed by atoms with Gasteiger partial charge in [-0.25, -0.2) is 0 Å². The third-order valence-corrected chi connectivity index (χ3v) is 5.53. The standard InChI is InChI=1S/C17H21ClN4OS/c1-12-4-3-9-22(10-12)15(23)11-24-17-20-19-16(21(17)2)13-5-7-14(18)8-6-13/h5-8,12H,3-4,9-11H2,1-2H3/t12-/m0/s1.